The van der Waals surface area contributed by atoms with Gasteiger partial charge in [0.15, 0.2) is 0 Å². The molecule has 5 nitrogen and oxygen atoms in total. The lowest BCUT2D eigenvalue weighted by molar-refractivity contribution is -0.132. The lowest BCUT2D eigenvalue weighted by Crippen LogP contribution is -2.49. The van der Waals surface area contributed by atoms with E-state index in [1.165, 1.54) is 5.39 Å². The predicted molar refractivity (Wildman–Crippen MR) is 105 cm³/mol. The summed E-state index contributed by atoms with van der Waals surface area (Å²) in [5.41, 5.74) is 2.23. The summed E-state index contributed by atoms with van der Waals surface area (Å²) in [6.45, 7) is 5.43. The highest BCUT2D eigenvalue weighted by Gasteiger charge is 2.22. The van der Waals surface area contributed by atoms with Crippen molar-refractivity contribution in [3.8, 4) is 0 Å². The van der Waals surface area contributed by atoms with E-state index in [9.17, 15) is 4.79 Å². The largest absolute Gasteiger partial charge is 0.353 e. The van der Waals surface area contributed by atoms with Crippen molar-refractivity contribution in [1.82, 2.24) is 14.5 Å². The van der Waals surface area contributed by atoms with Crippen LogP contribution in [0.15, 0.2) is 48.7 Å². The molecule has 134 valence electrons. The molecule has 0 unspecified atom stereocenters. The van der Waals surface area contributed by atoms with Crippen LogP contribution in [-0.2, 0) is 11.3 Å². The smallest absolute Gasteiger partial charge is 0.242 e. The molecule has 3 aromatic rings. The van der Waals surface area contributed by atoms with Gasteiger partial charge in [-0.05, 0) is 36.6 Å². The summed E-state index contributed by atoms with van der Waals surface area (Å²) in [7, 11) is 0. The maximum absolute atomic E-state index is 12.8. The number of hydrogen-bond donors (Lipinski definition) is 0. The molecule has 1 saturated heterocycles. The minimum atomic E-state index is 0.165. The second-order valence-corrected chi connectivity index (χ2v) is 7.07. The number of fused-ring (bicyclic) bond motifs is 1. The second-order valence-electron chi connectivity index (χ2n) is 6.63. The minimum absolute atomic E-state index is 0.165. The van der Waals surface area contributed by atoms with E-state index in [0.717, 1.165) is 30.1 Å². The number of amides is 1. The average molecular weight is 369 g/mol. The molecule has 0 radical (unpaired) electrons. The molecule has 0 spiro atoms. The third kappa shape index (κ3) is 3.27. The first-order valence-corrected chi connectivity index (χ1v) is 9.19. The Morgan fingerprint density at radius 1 is 1.12 bits per heavy atom. The Labute approximate surface area is 157 Å². The molecular formula is C20H21ClN4O. The third-order valence-corrected chi connectivity index (χ3v) is 5.20. The molecule has 1 aliphatic rings. The molecule has 0 aliphatic carbocycles. The van der Waals surface area contributed by atoms with Crippen LogP contribution in [0.2, 0.25) is 5.02 Å². The van der Waals surface area contributed by atoms with Gasteiger partial charge in [-0.25, -0.2) is 4.98 Å². The van der Waals surface area contributed by atoms with Gasteiger partial charge in [-0.15, -0.1) is 0 Å². The zero-order valence-electron chi connectivity index (χ0n) is 14.7. The van der Waals surface area contributed by atoms with Crippen LogP contribution >= 0.6 is 11.6 Å². The number of para-hydroxylation sites is 1. The van der Waals surface area contributed by atoms with Crippen LogP contribution in [0.25, 0.3) is 10.9 Å². The number of benzene rings is 1. The summed E-state index contributed by atoms with van der Waals surface area (Å²) in [6, 6.07) is 14.1. The average Bonchev–Trinajstić information content (AvgIpc) is 2.98. The molecule has 0 saturated carbocycles. The third-order valence-electron chi connectivity index (χ3n) is 4.98. The van der Waals surface area contributed by atoms with Gasteiger partial charge in [0.2, 0.25) is 5.91 Å². The topological polar surface area (TPSA) is 41.4 Å². The monoisotopic (exact) mass is 368 g/mol. The summed E-state index contributed by atoms with van der Waals surface area (Å²) in [6.07, 6.45) is 1.66. The fourth-order valence-corrected chi connectivity index (χ4v) is 3.65. The molecule has 6 heteroatoms. The Morgan fingerprint density at radius 2 is 1.88 bits per heavy atom. The molecule has 1 aliphatic heterocycles. The van der Waals surface area contributed by atoms with Gasteiger partial charge >= 0.3 is 0 Å². The standard InChI is InChI=1S/C20H21ClN4O/c1-15-12-16-4-2-3-5-18(16)25(15)14-20(26)24-10-8-23(9-11-24)19-7-6-17(21)13-22-19/h2-7,12-13H,8-11,14H2,1H3. The van der Waals surface area contributed by atoms with Crippen molar-refractivity contribution < 1.29 is 4.79 Å². The Kier molecular flexibility index (Phi) is 4.55. The number of carbonyl (C=O) groups is 1. The number of nitrogens with zero attached hydrogens (tertiary/aromatic N) is 4. The summed E-state index contributed by atoms with van der Waals surface area (Å²) in [5.74, 6) is 1.08. The first kappa shape index (κ1) is 16.9. The maximum atomic E-state index is 12.8. The number of pyridine rings is 1. The molecule has 0 bridgehead atoms. The highest BCUT2D eigenvalue weighted by atomic mass is 35.5. The fourth-order valence-electron chi connectivity index (χ4n) is 3.53. The molecule has 3 heterocycles. The van der Waals surface area contributed by atoms with Crippen molar-refractivity contribution in [2.24, 2.45) is 0 Å². The summed E-state index contributed by atoms with van der Waals surface area (Å²) in [5, 5.41) is 1.81. The Balaban J connectivity index is 1.42. The summed E-state index contributed by atoms with van der Waals surface area (Å²) < 4.78 is 2.10. The normalized spacial score (nSPS) is 14.8. The highest BCUT2D eigenvalue weighted by molar-refractivity contribution is 6.30. The molecule has 1 aromatic carbocycles. The van der Waals surface area contributed by atoms with E-state index in [1.807, 2.05) is 29.2 Å². The van der Waals surface area contributed by atoms with Crippen LogP contribution < -0.4 is 4.90 Å². The van der Waals surface area contributed by atoms with Crippen LogP contribution in [0, 0.1) is 6.92 Å². The van der Waals surface area contributed by atoms with E-state index in [4.69, 9.17) is 11.6 Å². The summed E-state index contributed by atoms with van der Waals surface area (Å²) in [4.78, 5) is 21.3. The zero-order chi connectivity index (χ0) is 18.1. The van der Waals surface area contributed by atoms with Crippen molar-refractivity contribution in [2.45, 2.75) is 13.5 Å². The second kappa shape index (κ2) is 7.00. The van der Waals surface area contributed by atoms with Gasteiger partial charge in [-0.3, -0.25) is 4.79 Å². The minimum Gasteiger partial charge on any atom is -0.353 e. The molecule has 2 aromatic heterocycles. The van der Waals surface area contributed by atoms with E-state index in [1.54, 1.807) is 6.20 Å². The first-order valence-electron chi connectivity index (χ1n) is 8.81. The lowest BCUT2D eigenvalue weighted by Gasteiger charge is -2.35. The van der Waals surface area contributed by atoms with Gasteiger partial charge in [0.05, 0.1) is 5.02 Å². The lowest BCUT2D eigenvalue weighted by atomic mass is 10.2. The molecule has 26 heavy (non-hydrogen) atoms. The maximum Gasteiger partial charge on any atom is 0.242 e. The van der Waals surface area contributed by atoms with Gasteiger partial charge in [-0.2, -0.15) is 0 Å². The zero-order valence-corrected chi connectivity index (χ0v) is 15.5. The quantitative estimate of drug-likeness (QED) is 0.712. The number of carbonyl (C=O) groups excluding carboxylic acids is 1. The molecule has 1 amide bonds. The molecule has 0 N–H and O–H groups in total. The van der Waals surface area contributed by atoms with Crippen molar-refractivity contribution in [2.75, 3.05) is 31.1 Å². The predicted octanol–water partition coefficient (Wildman–Crippen LogP) is 3.35. The number of anilines is 1. The van der Waals surface area contributed by atoms with E-state index in [2.05, 4.69) is 39.6 Å². The van der Waals surface area contributed by atoms with Crippen molar-refractivity contribution >= 4 is 34.2 Å². The number of aryl methyl sites for hydroxylation is 1. The van der Waals surface area contributed by atoms with E-state index in [-0.39, 0.29) is 5.91 Å². The van der Waals surface area contributed by atoms with Gasteiger partial charge in [0.1, 0.15) is 12.4 Å². The van der Waals surface area contributed by atoms with Crippen LogP contribution in [0.1, 0.15) is 5.69 Å². The van der Waals surface area contributed by atoms with E-state index >= 15 is 0 Å². The molecular weight excluding hydrogens is 348 g/mol. The fraction of sp³-hybridized carbons (Fsp3) is 0.300. The Morgan fingerprint density at radius 3 is 2.62 bits per heavy atom. The SMILES string of the molecule is Cc1cc2ccccc2n1CC(=O)N1CCN(c2ccc(Cl)cn2)CC1. The number of hydrogen-bond acceptors (Lipinski definition) is 3. The van der Waals surface area contributed by atoms with Crippen LogP contribution in [0.5, 0.6) is 0 Å². The Hall–Kier alpha value is -2.53. The van der Waals surface area contributed by atoms with Crippen LogP contribution in [0.4, 0.5) is 5.82 Å². The first-order chi connectivity index (χ1) is 12.6. The van der Waals surface area contributed by atoms with Gasteiger partial charge < -0.3 is 14.4 Å². The van der Waals surface area contributed by atoms with Crippen molar-refractivity contribution in [3.63, 3.8) is 0 Å². The van der Waals surface area contributed by atoms with Crippen molar-refractivity contribution in [1.29, 1.82) is 0 Å². The number of halogens is 1. The van der Waals surface area contributed by atoms with Crippen LogP contribution in [-0.4, -0.2) is 46.5 Å². The highest BCUT2D eigenvalue weighted by Crippen LogP contribution is 2.20. The van der Waals surface area contributed by atoms with E-state index < -0.39 is 0 Å². The van der Waals surface area contributed by atoms with Crippen molar-refractivity contribution in [3.05, 3.63) is 59.4 Å². The van der Waals surface area contributed by atoms with Crippen LogP contribution in [0.3, 0.4) is 0 Å². The van der Waals surface area contributed by atoms with Gasteiger partial charge in [0.25, 0.3) is 0 Å². The number of rotatable bonds is 3. The number of aromatic nitrogens is 2. The summed E-state index contributed by atoms with van der Waals surface area (Å²) >= 11 is 5.90. The number of piperazine rings is 1. The molecule has 0 atom stereocenters. The Bertz CT molecular complexity index is 927. The molecule has 4 rings (SSSR count). The van der Waals surface area contributed by atoms with E-state index in [0.29, 0.717) is 24.7 Å². The molecule has 1 fully saturated rings. The van der Waals surface area contributed by atoms with Gasteiger partial charge in [0, 0.05) is 43.6 Å². The van der Waals surface area contributed by atoms with Gasteiger partial charge in [-0.1, -0.05) is 29.8 Å².